The van der Waals surface area contributed by atoms with Gasteiger partial charge >= 0.3 is 0 Å². The van der Waals surface area contributed by atoms with E-state index in [1.54, 1.807) is 13.1 Å². The van der Waals surface area contributed by atoms with Gasteiger partial charge in [0, 0.05) is 12.4 Å². The van der Waals surface area contributed by atoms with E-state index in [0.717, 1.165) is 11.8 Å². The van der Waals surface area contributed by atoms with Crippen molar-refractivity contribution in [2.75, 3.05) is 0 Å². The van der Waals surface area contributed by atoms with Crippen LogP contribution < -0.4 is 0 Å². The van der Waals surface area contributed by atoms with E-state index in [1.165, 1.54) is 18.4 Å². The molecule has 1 aromatic rings. The fourth-order valence-electron chi connectivity index (χ4n) is 1.66. The van der Waals surface area contributed by atoms with Crippen LogP contribution in [0, 0.1) is 0 Å². The standard InChI is InChI=1S/C14H14ClFN2/c1-9(14(16)8-18-10(2)15)12-5-13(7-17-6-12)11-3-4-11/h5-8,11H,2-4H2,1H3/b14-9-,18-8-. The summed E-state index contributed by atoms with van der Waals surface area (Å²) in [6, 6.07) is 1.99. The number of aromatic nitrogens is 1. The van der Waals surface area contributed by atoms with Gasteiger partial charge in [0.1, 0.15) is 11.0 Å². The lowest BCUT2D eigenvalue weighted by atomic mass is 10.1. The Hall–Kier alpha value is -1.48. The van der Waals surface area contributed by atoms with Crippen LogP contribution in [0.5, 0.6) is 0 Å². The molecule has 0 atom stereocenters. The molecule has 0 spiro atoms. The van der Waals surface area contributed by atoms with Gasteiger partial charge in [-0.3, -0.25) is 4.98 Å². The zero-order valence-electron chi connectivity index (χ0n) is 10.2. The van der Waals surface area contributed by atoms with Crippen molar-refractivity contribution in [3.05, 3.63) is 47.1 Å². The van der Waals surface area contributed by atoms with Crippen molar-refractivity contribution in [3.63, 3.8) is 0 Å². The van der Waals surface area contributed by atoms with Crippen LogP contribution in [0.15, 0.2) is 41.0 Å². The minimum Gasteiger partial charge on any atom is -0.264 e. The highest BCUT2D eigenvalue weighted by Gasteiger charge is 2.24. The van der Waals surface area contributed by atoms with Crippen molar-refractivity contribution < 1.29 is 4.39 Å². The SMILES string of the molecule is C=C(Cl)/N=C\C(F)=C(/C)c1cncc(C2CC2)c1. The average Bonchev–Trinajstić information content (AvgIpc) is 3.19. The maximum atomic E-state index is 13.8. The predicted octanol–water partition coefficient (Wildman–Crippen LogP) is 4.44. The van der Waals surface area contributed by atoms with Gasteiger partial charge in [-0.2, -0.15) is 0 Å². The molecule has 94 valence electrons. The molecule has 2 rings (SSSR count). The molecule has 0 radical (unpaired) electrons. The lowest BCUT2D eigenvalue weighted by Gasteiger charge is -2.04. The molecule has 0 bridgehead atoms. The van der Waals surface area contributed by atoms with E-state index >= 15 is 0 Å². The molecule has 2 nitrogen and oxygen atoms in total. The normalized spacial score (nSPS) is 16.8. The van der Waals surface area contributed by atoms with Crippen molar-refractivity contribution in [3.8, 4) is 0 Å². The zero-order chi connectivity index (χ0) is 13.1. The molecule has 1 aliphatic rings. The monoisotopic (exact) mass is 264 g/mol. The van der Waals surface area contributed by atoms with Crippen LogP contribution >= 0.6 is 11.6 Å². The van der Waals surface area contributed by atoms with E-state index in [-0.39, 0.29) is 5.16 Å². The van der Waals surface area contributed by atoms with Gasteiger partial charge < -0.3 is 0 Å². The summed E-state index contributed by atoms with van der Waals surface area (Å²) < 4.78 is 13.8. The Morgan fingerprint density at radius 3 is 2.89 bits per heavy atom. The molecular formula is C14H14ClFN2. The van der Waals surface area contributed by atoms with Crippen LogP contribution in [-0.4, -0.2) is 11.2 Å². The molecule has 0 aromatic carbocycles. The first-order valence-corrected chi connectivity index (χ1v) is 6.16. The molecular weight excluding hydrogens is 251 g/mol. The average molecular weight is 265 g/mol. The van der Waals surface area contributed by atoms with Gasteiger partial charge in [0.2, 0.25) is 0 Å². The maximum absolute atomic E-state index is 13.8. The largest absolute Gasteiger partial charge is 0.264 e. The van der Waals surface area contributed by atoms with Crippen LogP contribution in [0.1, 0.15) is 36.8 Å². The summed E-state index contributed by atoms with van der Waals surface area (Å²) in [6.07, 6.45) is 6.98. The minimum absolute atomic E-state index is 0.0582. The molecule has 4 heteroatoms. The molecule has 0 aliphatic heterocycles. The second kappa shape index (κ2) is 5.44. The van der Waals surface area contributed by atoms with Crippen LogP contribution in [0.2, 0.25) is 0 Å². The van der Waals surface area contributed by atoms with Crippen LogP contribution in [-0.2, 0) is 0 Å². The van der Waals surface area contributed by atoms with E-state index in [0.29, 0.717) is 11.5 Å². The smallest absolute Gasteiger partial charge is 0.145 e. The first-order valence-electron chi connectivity index (χ1n) is 5.78. The van der Waals surface area contributed by atoms with Crippen molar-refractivity contribution in [1.82, 2.24) is 4.98 Å². The number of allylic oxidation sites excluding steroid dienone is 2. The van der Waals surface area contributed by atoms with E-state index in [4.69, 9.17) is 11.6 Å². The first kappa shape index (κ1) is 13.0. The Bertz CT molecular complexity index is 530. The van der Waals surface area contributed by atoms with Gasteiger partial charge in [-0.1, -0.05) is 18.2 Å². The zero-order valence-corrected chi connectivity index (χ0v) is 10.9. The molecule has 0 amide bonds. The summed E-state index contributed by atoms with van der Waals surface area (Å²) in [4.78, 5) is 7.79. The summed E-state index contributed by atoms with van der Waals surface area (Å²) in [6.45, 7) is 5.07. The third kappa shape index (κ3) is 3.26. The first-order chi connectivity index (χ1) is 8.58. The van der Waals surface area contributed by atoms with E-state index < -0.39 is 5.83 Å². The van der Waals surface area contributed by atoms with Crippen LogP contribution in [0.4, 0.5) is 4.39 Å². The van der Waals surface area contributed by atoms with Gasteiger partial charge in [0.25, 0.3) is 0 Å². The Morgan fingerprint density at radius 2 is 2.28 bits per heavy atom. The predicted molar refractivity (Wildman–Crippen MR) is 73.4 cm³/mol. The maximum Gasteiger partial charge on any atom is 0.145 e. The molecule has 1 heterocycles. The van der Waals surface area contributed by atoms with E-state index in [2.05, 4.69) is 16.6 Å². The molecule has 1 aromatic heterocycles. The number of hydrogen-bond donors (Lipinski definition) is 0. The number of hydrogen-bond acceptors (Lipinski definition) is 2. The molecule has 18 heavy (non-hydrogen) atoms. The molecule has 0 unspecified atom stereocenters. The minimum atomic E-state index is -0.424. The highest BCUT2D eigenvalue weighted by atomic mass is 35.5. The van der Waals surface area contributed by atoms with Gasteiger partial charge in [0.15, 0.2) is 0 Å². The highest BCUT2D eigenvalue weighted by molar-refractivity contribution is 6.29. The van der Waals surface area contributed by atoms with E-state index in [9.17, 15) is 4.39 Å². The van der Waals surface area contributed by atoms with Crippen molar-refractivity contribution in [1.29, 1.82) is 0 Å². The van der Waals surface area contributed by atoms with Gasteiger partial charge in [-0.15, -0.1) is 0 Å². The summed E-state index contributed by atoms with van der Waals surface area (Å²) in [5, 5.41) is 0.0582. The number of nitrogens with zero attached hydrogens (tertiary/aromatic N) is 2. The third-order valence-electron chi connectivity index (χ3n) is 2.92. The number of aliphatic imine (C=N–C) groups is 1. The fraction of sp³-hybridized carbons (Fsp3) is 0.286. The summed E-state index contributed by atoms with van der Waals surface area (Å²) in [7, 11) is 0. The molecule has 1 saturated carbocycles. The van der Waals surface area contributed by atoms with Gasteiger partial charge in [-0.05, 0) is 48.4 Å². The second-order valence-corrected chi connectivity index (χ2v) is 4.82. The number of pyridine rings is 1. The van der Waals surface area contributed by atoms with Crippen LogP contribution in [0.3, 0.4) is 0 Å². The Balaban J connectivity index is 2.26. The quantitative estimate of drug-likeness (QED) is 0.583. The van der Waals surface area contributed by atoms with Crippen molar-refractivity contribution >= 4 is 23.4 Å². The van der Waals surface area contributed by atoms with E-state index in [1.807, 2.05) is 12.3 Å². The summed E-state index contributed by atoms with van der Waals surface area (Å²) >= 11 is 5.45. The highest BCUT2D eigenvalue weighted by Crippen LogP contribution is 2.40. The third-order valence-corrected chi connectivity index (χ3v) is 3.01. The summed E-state index contributed by atoms with van der Waals surface area (Å²) in [5.41, 5.74) is 2.47. The van der Waals surface area contributed by atoms with Crippen molar-refractivity contribution in [2.24, 2.45) is 4.99 Å². The molecule has 0 N–H and O–H groups in total. The number of halogens is 2. The molecule has 0 saturated heterocycles. The Kier molecular flexibility index (Phi) is 3.92. The summed E-state index contributed by atoms with van der Waals surface area (Å²) in [5.74, 6) is 0.177. The van der Waals surface area contributed by atoms with Gasteiger partial charge in [-0.25, -0.2) is 9.38 Å². The fourth-order valence-corrected chi connectivity index (χ4v) is 1.71. The Labute approximate surface area is 111 Å². The molecule has 1 aliphatic carbocycles. The Morgan fingerprint density at radius 1 is 1.56 bits per heavy atom. The topological polar surface area (TPSA) is 25.2 Å². The molecule has 1 fully saturated rings. The van der Waals surface area contributed by atoms with Crippen molar-refractivity contribution in [2.45, 2.75) is 25.7 Å². The lowest BCUT2D eigenvalue weighted by molar-refractivity contribution is 0.688. The second-order valence-electron chi connectivity index (χ2n) is 4.39. The van der Waals surface area contributed by atoms with Crippen LogP contribution in [0.25, 0.3) is 5.57 Å². The number of rotatable bonds is 4. The lowest BCUT2D eigenvalue weighted by Crippen LogP contribution is -1.90. The van der Waals surface area contributed by atoms with Gasteiger partial charge in [0.05, 0.1) is 6.21 Å².